The number of hydrogen-bond acceptors (Lipinski definition) is 4. The Morgan fingerprint density at radius 2 is 2.28 bits per heavy atom. The van der Waals surface area contributed by atoms with Crippen LogP contribution >= 0.6 is 0 Å². The summed E-state index contributed by atoms with van der Waals surface area (Å²) in [5.74, 6) is 1.62. The molecule has 4 heteroatoms. The Hall–Kier alpha value is -1.13. The molecule has 1 unspecified atom stereocenters. The summed E-state index contributed by atoms with van der Waals surface area (Å²) >= 11 is 0. The zero-order valence-corrected chi connectivity index (χ0v) is 11.6. The van der Waals surface area contributed by atoms with E-state index >= 15 is 0 Å². The highest BCUT2D eigenvalue weighted by Crippen LogP contribution is 2.26. The van der Waals surface area contributed by atoms with Gasteiger partial charge in [-0.1, -0.05) is 0 Å². The van der Waals surface area contributed by atoms with Crippen molar-refractivity contribution in [1.82, 2.24) is 9.88 Å². The number of likely N-dealkylation sites (tertiary alicyclic amines) is 1. The van der Waals surface area contributed by atoms with Crippen LogP contribution in [0.5, 0.6) is 5.75 Å². The summed E-state index contributed by atoms with van der Waals surface area (Å²) in [5.41, 5.74) is 9.10. The minimum absolute atomic E-state index is 0.651. The van der Waals surface area contributed by atoms with Crippen LogP contribution in [0.25, 0.3) is 0 Å². The van der Waals surface area contributed by atoms with E-state index in [4.69, 9.17) is 10.5 Å². The SMILES string of the molecule is COc1c(C)cnc(CN2CCC(CN)C2)c1C. The van der Waals surface area contributed by atoms with Crippen molar-refractivity contribution in [3.8, 4) is 5.75 Å². The summed E-state index contributed by atoms with van der Waals surface area (Å²) in [7, 11) is 1.72. The first kappa shape index (κ1) is 13.3. The molecular formula is C14H23N3O. The number of nitrogens with zero attached hydrogens (tertiary/aromatic N) is 2. The van der Waals surface area contributed by atoms with Crippen LogP contribution in [-0.2, 0) is 6.54 Å². The second-order valence-electron chi connectivity index (χ2n) is 5.17. The van der Waals surface area contributed by atoms with Gasteiger partial charge in [0.25, 0.3) is 0 Å². The third-order valence-corrected chi connectivity index (χ3v) is 3.83. The molecule has 4 nitrogen and oxygen atoms in total. The van der Waals surface area contributed by atoms with Gasteiger partial charge >= 0.3 is 0 Å². The molecule has 2 heterocycles. The summed E-state index contributed by atoms with van der Waals surface area (Å²) in [5, 5.41) is 0. The largest absolute Gasteiger partial charge is 0.496 e. The summed E-state index contributed by atoms with van der Waals surface area (Å²) < 4.78 is 5.44. The maximum absolute atomic E-state index is 5.72. The van der Waals surface area contributed by atoms with Crippen molar-refractivity contribution in [3.05, 3.63) is 23.0 Å². The predicted octanol–water partition coefficient (Wildman–Crippen LogP) is 1.49. The smallest absolute Gasteiger partial charge is 0.128 e. The Labute approximate surface area is 109 Å². The van der Waals surface area contributed by atoms with Gasteiger partial charge in [0.1, 0.15) is 5.75 Å². The fourth-order valence-electron chi connectivity index (χ4n) is 2.69. The Kier molecular flexibility index (Phi) is 4.19. The average Bonchev–Trinajstić information content (AvgIpc) is 2.81. The molecule has 1 saturated heterocycles. The zero-order chi connectivity index (χ0) is 13.1. The second kappa shape index (κ2) is 5.67. The van der Waals surface area contributed by atoms with Crippen molar-refractivity contribution in [2.75, 3.05) is 26.7 Å². The van der Waals surface area contributed by atoms with Gasteiger partial charge in [0.2, 0.25) is 0 Å². The molecule has 1 aliphatic heterocycles. The molecule has 0 radical (unpaired) electrons. The highest BCUT2D eigenvalue weighted by Gasteiger charge is 2.22. The molecule has 0 aliphatic carbocycles. The van der Waals surface area contributed by atoms with Crippen LogP contribution in [0.15, 0.2) is 6.20 Å². The van der Waals surface area contributed by atoms with Crippen molar-refractivity contribution in [3.63, 3.8) is 0 Å². The van der Waals surface area contributed by atoms with Gasteiger partial charge in [-0.15, -0.1) is 0 Å². The van der Waals surface area contributed by atoms with E-state index in [1.165, 1.54) is 6.42 Å². The molecule has 18 heavy (non-hydrogen) atoms. The fourth-order valence-corrected chi connectivity index (χ4v) is 2.69. The van der Waals surface area contributed by atoms with Crippen molar-refractivity contribution in [2.45, 2.75) is 26.8 Å². The summed E-state index contributed by atoms with van der Waals surface area (Å²) in [6.07, 6.45) is 3.11. The summed E-state index contributed by atoms with van der Waals surface area (Å²) in [6.45, 7) is 8.03. The van der Waals surface area contributed by atoms with E-state index in [2.05, 4.69) is 16.8 Å². The molecule has 1 aromatic rings. The second-order valence-corrected chi connectivity index (χ2v) is 5.17. The normalized spacial score (nSPS) is 20.3. The summed E-state index contributed by atoms with van der Waals surface area (Å²) in [6, 6.07) is 0. The van der Waals surface area contributed by atoms with Crippen LogP contribution in [0.1, 0.15) is 23.2 Å². The Bertz CT molecular complexity index is 420. The first-order chi connectivity index (χ1) is 8.65. The first-order valence-electron chi connectivity index (χ1n) is 6.57. The van der Waals surface area contributed by atoms with Gasteiger partial charge in [-0.25, -0.2) is 0 Å². The third kappa shape index (κ3) is 2.65. The number of ether oxygens (including phenoxy) is 1. The van der Waals surface area contributed by atoms with Gasteiger partial charge in [-0.2, -0.15) is 0 Å². The number of hydrogen-bond donors (Lipinski definition) is 1. The highest BCUT2D eigenvalue weighted by molar-refractivity contribution is 5.41. The molecule has 1 fully saturated rings. The number of pyridine rings is 1. The molecule has 0 spiro atoms. The van der Waals surface area contributed by atoms with Crippen LogP contribution in [-0.4, -0.2) is 36.6 Å². The maximum atomic E-state index is 5.72. The summed E-state index contributed by atoms with van der Waals surface area (Å²) in [4.78, 5) is 6.98. The van der Waals surface area contributed by atoms with E-state index in [-0.39, 0.29) is 0 Å². The minimum atomic E-state index is 0.651. The topological polar surface area (TPSA) is 51.4 Å². The number of aryl methyl sites for hydroxylation is 1. The van der Waals surface area contributed by atoms with E-state index in [0.717, 1.165) is 48.7 Å². The van der Waals surface area contributed by atoms with Crippen LogP contribution in [0.3, 0.4) is 0 Å². The number of rotatable bonds is 4. The van der Waals surface area contributed by atoms with Crippen LogP contribution < -0.4 is 10.5 Å². The van der Waals surface area contributed by atoms with Gasteiger partial charge in [0.05, 0.1) is 12.8 Å². The van der Waals surface area contributed by atoms with Gasteiger partial charge in [-0.05, 0) is 39.3 Å². The van der Waals surface area contributed by atoms with Crippen molar-refractivity contribution in [1.29, 1.82) is 0 Å². The fraction of sp³-hybridized carbons (Fsp3) is 0.643. The lowest BCUT2D eigenvalue weighted by molar-refractivity contribution is 0.312. The molecule has 100 valence electrons. The number of aromatic nitrogens is 1. The van der Waals surface area contributed by atoms with E-state index in [9.17, 15) is 0 Å². The van der Waals surface area contributed by atoms with Gasteiger partial charge in [0, 0.05) is 30.4 Å². The zero-order valence-electron chi connectivity index (χ0n) is 11.6. The Morgan fingerprint density at radius 1 is 1.50 bits per heavy atom. The molecule has 2 rings (SSSR count). The molecule has 0 aromatic carbocycles. The monoisotopic (exact) mass is 249 g/mol. The molecule has 1 aromatic heterocycles. The predicted molar refractivity (Wildman–Crippen MR) is 72.7 cm³/mol. The highest BCUT2D eigenvalue weighted by atomic mass is 16.5. The van der Waals surface area contributed by atoms with Crippen molar-refractivity contribution in [2.24, 2.45) is 11.7 Å². The van der Waals surface area contributed by atoms with Gasteiger partial charge in [-0.3, -0.25) is 9.88 Å². The average molecular weight is 249 g/mol. The van der Waals surface area contributed by atoms with Gasteiger partial charge < -0.3 is 10.5 Å². The van der Waals surface area contributed by atoms with Gasteiger partial charge in [0.15, 0.2) is 0 Å². The number of methoxy groups -OCH3 is 1. The van der Waals surface area contributed by atoms with Crippen molar-refractivity contribution >= 4 is 0 Å². The van der Waals surface area contributed by atoms with Crippen LogP contribution in [0.4, 0.5) is 0 Å². The lowest BCUT2D eigenvalue weighted by Crippen LogP contribution is -2.23. The first-order valence-corrected chi connectivity index (χ1v) is 6.57. The molecule has 1 atom stereocenters. The molecule has 0 bridgehead atoms. The van der Waals surface area contributed by atoms with E-state index < -0.39 is 0 Å². The van der Waals surface area contributed by atoms with Crippen LogP contribution in [0, 0.1) is 19.8 Å². The van der Waals surface area contributed by atoms with E-state index in [0.29, 0.717) is 5.92 Å². The van der Waals surface area contributed by atoms with Crippen LogP contribution in [0.2, 0.25) is 0 Å². The molecule has 2 N–H and O–H groups in total. The van der Waals surface area contributed by atoms with Crippen molar-refractivity contribution < 1.29 is 4.74 Å². The third-order valence-electron chi connectivity index (χ3n) is 3.83. The molecule has 1 aliphatic rings. The lowest BCUT2D eigenvalue weighted by atomic mass is 10.1. The maximum Gasteiger partial charge on any atom is 0.128 e. The quantitative estimate of drug-likeness (QED) is 0.878. The van der Waals surface area contributed by atoms with E-state index in [1.807, 2.05) is 13.1 Å². The molecule has 0 saturated carbocycles. The Morgan fingerprint density at radius 3 is 2.89 bits per heavy atom. The van der Waals surface area contributed by atoms with E-state index in [1.54, 1.807) is 7.11 Å². The number of nitrogens with two attached hydrogens (primary N) is 1. The minimum Gasteiger partial charge on any atom is -0.496 e. The Balaban J connectivity index is 2.10. The molecular weight excluding hydrogens is 226 g/mol. The lowest BCUT2D eigenvalue weighted by Gasteiger charge is -2.18. The molecule has 0 amide bonds. The standard InChI is InChI=1S/C14H23N3O/c1-10-7-16-13(11(2)14(10)18-3)9-17-5-4-12(6-15)8-17/h7,12H,4-6,8-9,15H2,1-3H3.